The molecule has 2 aliphatic rings. The van der Waals surface area contributed by atoms with Crippen LogP contribution in [-0.4, -0.2) is 77.0 Å². The highest BCUT2D eigenvalue weighted by atomic mass is 16.3. The molecule has 10 nitrogen and oxygen atoms in total. The van der Waals surface area contributed by atoms with Crippen molar-refractivity contribution in [3.05, 3.63) is 0 Å². The molecule has 25 heavy (non-hydrogen) atoms. The van der Waals surface area contributed by atoms with Crippen molar-refractivity contribution >= 4 is 24.3 Å². The summed E-state index contributed by atoms with van der Waals surface area (Å²) in [4.78, 5) is 47.2. The van der Waals surface area contributed by atoms with E-state index in [9.17, 15) is 14.4 Å². The van der Waals surface area contributed by atoms with Crippen LogP contribution in [0, 0.1) is 0 Å². The second-order valence-corrected chi connectivity index (χ2v) is 6.14. The minimum absolute atomic E-state index is 0.0182. The van der Waals surface area contributed by atoms with E-state index in [1.807, 2.05) is 4.90 Å². The Kier molecular flexibility index (Phi) is 8.12. The molecule has 3 atom stereocenters. The number of carbonyl (C=O) groups is 4. The molecule has 0 saturated carbocycles. The number of piperazine rings is 1. The van der Waals surface area contributed by atoms with Crippen LogP contribution in [0.25, 0.3) is 0 Å². The topological polar surface area (TPSA) is 159 Å². The minimum atomic E-state index is -0.655. The molecule has 0 aromatic heterocycles. The summed E-state index contributed by atoms with van der Waals surface area (Å²) in [5.41, 5.74) is 10.9. The molecule has 142 valence electrons. The third-order valence-corrected chi connectivity index (χ3v) is 4.48. The summed E-state index contributed by atoms with van der Waals surface area (Å²) in [7, 11) is 0. The van der Waals surface area contributed by atoms with E-state index in [2.05, 4.69) is 5.32 Å². The summed E-state index contributed by atoms with van der Waals surface area (Å²) < 4.78 is 0. The zero-order valence-corrected chi connectivity index (χ0v) is 14.4. The minimum Gasteiger partial charge on any atom is -0.483 e. The number of amides is 4. The first-order valence-corrected chi connectivity index (χ1v) is 8.31. The van der Waals surface area contributed by atoms with Crippen molar-refractivity contribution in [1.82, 2.24) is 15.1 Å². The molecule has 4 amide bonds. The van der Waals surface area contributed by atoms with Crippen molar-refractivity contribution in [2.24, 2.45) is 11.5 Å². The first-order valence-electron chi connectivity index (χ1n) is 8.31. The van der Waals surface area contributed by atoms with Gasteiger partial charge in [0.2, 0.25) is 11.8 Å². The van der Waals surface area contributed by atoms with Crippen LogP contribution >= 0.6 is 0 Å². The third kappa shape index (κ3) is 5.59. The van der Waals surface area contributed by atoms with Gasteiger partial charge in [-0.15, -0.1) is 0 Å². The zero-order chi connectivity index (χ0) is 19.0. The molecule has 2 rings (SSSR count). The lowest BCUT2D eigenvalue weighted by Gasteiger charge is -2.42. The highest BCUT2D eigenvalue weighted by Gasteiger charge is 2.42. The van der Waals surface area contributed by atoms with Crippen molar-refractivity contribution in [3.63, 3.8) is 0 Å². The molecule has 2 heterocycles. The van der Waals surface area contributed by atoms with E-state index < -0.39 is 18.1 Å². The molecule has 2 fully saturated rings. The summed E-state index contributed by atoms with van der Waals surface area (Å²) in [6, 6.07) is -1.55. The highest BCUT2D eigenvalue weighted by molar-refractivity contribution is 5.91. The van der Waals surface area contributed by atoms with Gasteiger partial charge in [0.1, 0.15) is 6.04 Å². The van der Waals surface area contributed by atoms with Gasteiger partial charge in [-0.05, 0) is 32.6 Å². The number of nitrogens with zero attached hydrogens (tertiary/aromatic N) is 2. The molecule has 0 aromatic rings. The Balaban J connectivity index is 0.000000970. The van der Waals surface area contributed by atoms with Crippen molar-refractivity contribution in [1.29, 1.82) is 0 Å². The zero-order valence-electron chi connectivity index (χ0n) is 14.4. The number of carboxylic acid groups (broad SMARTS) is 1. The van der Waals surface area contributed by atoms with Crippen LogP contribution in [0.5, 0.6) is 0 Å². The molecule has 0 bridgehead atoms. The fourth-order valence-electron chi connectivity index (χ4n) is 3.22. The van der Waals surface area contributed by atoms with Gasteiger partial charge in [0.15, 0.2) is 0 Å². The van der Waals surface area contributed by atoms with E-state index >= 15 is 0 Å². The quantitative estimate of drug-likeness (QED) is 0.353. The van der Waals surface area contributed by atoms with E-state index in [4.69, 9.17) is 21.4 Å². The first kappa shape index (κ1) is 20.7. The highest BCUT2D eigenvalue weighted by Crippen LogP contribution is 2.26. The molecule has 0 unspecified atom stereocenters. The Morgan fingerprint density at radius 3 is 2.72 bits per heavy atom. The van der Waals surface area contributed by atoms with Gasteiger partial charge < -0.3 is 31.7 Å². The maximum Gasteiger partial charge on any atom is 0.312 e. The van der Waals surface area contributed by atoms with Gasteiger partial charge in [-0.3, -0.25) is 14.4 Å². The van der Waals surface area contributed by atoms with E-state index in [1.165, 1.54) is 0 Å². The lowest BCUT2D eigenvalue weighted by molar-refractivity contribution is -0.153. The van der Waals surface area contributed by atoms with Crippen LogP contribution in [0.4, 0.5) is 4.79 Å². The monoisotopic (exact) mass is 357 g/mol. The van der Waals surface area contributed by atoms with Gasteiger partial charge in [0.25, 0.3) is 6.47 Å². The predicted molar refractivity (Wildman–Crippen MR) is 89.4 cm³/mol. The van der Waals surface area contributed by atoms with Gasteiger partial charge in [-0.25, -0.2) is 4.79 Å². The van der Waals surface area contributed by atoms with Crippen LogP contribution in [0.2, 0.25) is 0 Å². The fourth-order valence-corrected chi connectivity index (χ4v) is 3.22. The molecule has 0 spiro atoms. The van der Waals surface area contributed by atoms with E-state index in [1.54, 1.807) is 11.8 Å². The van der Waals surface area contributed by atoms with E-state index in [-0.39, 0.29) is 24.3 Å². The maximum absolute atomic E-state index is 12.5. The van der Waals surface area contributed by atoms with Crippen molar-refractivity contribution < 1.29 is 24.3 Å². The molecular formula is C15H27N5O5. The molecule has 6 N–H and O–H groups in total. The van der Waals surface area contributed by atoms with Gasteiger partial charge in [0, 0.05) is 25.7 Å². The fraction of sp³-hybridized carbons (Fsp3) is 0.733. The third-order valence-electron chi connectivity index (χ3n) is 4.48. The van der Waals surface area contributed by atoms with Crippen molar-refractivity contribution in [2.75, 3.05) is 19.6 Å². The van der Waals surface area contributed by atoms with Gasteiger partial charge in [-0.1, -0.05) is 0 Å². The van der Waals surface area contributed by atoms with Crippen LogP contribution in [-0.2, 0) is 14.4 Å². The standard InChI is InChI=1S/C14H25N5O3.CH2O2/c1-9-12(20)18-7-3-4-10(18)8-19(9)13(21)11(15)5-2-6-17-14(16)22;2-1-3/h9-11H,2-8,15H2,1H3,(H3,16,17,22);1H,(H,2,3)/t9-,10+,11-;/m0./s1. The molecule has 0 aliphatic carbocycles. The number of urea groups is 1. The first-order chi connectivity index (χ1) is 11.8. The SMILES string of the molecule is C[C@H]1C(=O)N2CCC[C@@H]2CN1C(=O)[C@@H](N)CCCNC(N)=O.O=CO. The molecule has 2 aliphatic heterocycles. The number of hydrogen-bond acceptors (Lipinski definition) is 5. The van der Waals surface area contributed by atoms with Crippen LogP contribution in [0.15, 0.2) is 0 Å². The smallest absolute Gasteiger partial charge is 0.312 e. The number of primary amides is 1. The molecule has 0 aromatic carbocycles. The van der Waals surface area contributed by atoms with Crippen LogP contribution in [0.1, 0.15) is 32.6 Å². The number of hydrogen-bond donors (Lipinski definition) is 4. The molecule has 0 radical (unpaired) electrons. The number of nitrogens with two attached hydrogens (primary N) is 2. The average Bonchev–Trinajstić information content (AvgIpc) is 3.03. The maximum atomic E-state index is 12.5. The Labute approximate surface area is 146 Å². The van der Waals surface area contributed by atoms with Gasteiger partial charge in [0.05, 0.1) is 6.04 Å². The Bertz CT molecular complexity index is 501. The Morgan fingerprint density at radius 1 is 1.48 bits per heavy atom. The summed E-state index contributed by atoms with van der Waals surface area (Å²) in [6.45, 7) is 3.26. The summed E-state index contributed by atoms with van der Waals surface area (Å²) >= 11 is 0. The summed E-state index contributed by atoms with van der Waals surface area (Å²) in [6.07, 6.45) is 2.96. The predicted octanol–water partition coefficient (Wildman–Crippen LogP) is -1.32. The Morgan fingerprint density at radius 2 is 2.12 bits per heavy atom. The van der Waals surface area contributed by atoms with Gasteiger partial charge >= 0.3 is 6.03 Å². The summed E-state index contributed by atoms with van der Waals surface area (Å²) in [5, 5.41) is 9.35. The van der Waals surface area contributed by atoms with Crippen LogP contribution < -0.4 is 16.8 Å². The van der Waals surface area contributed by atoms with Crippen molar-refractivity contribution in [3.8, 4) is 0 Å². The Hall–Kier alpha value is -2.36. The van der Waals surface area contributed by atoms with Gasteiger partial charge in [-0.2, -0.15) is 0 Å². The summed E-state index contributed by atoms with van der Waals surface area (Å²) in [5.74, 6) is -0.170. The normalized spacial score (nSPS) is 23.2. The molecular weight excluding hydrogens is 330 g/mol. The van der Waals surface area contributed by atoms with E-state index in [0.29, 0.717) is 25.9 Å². The second kappa shape index (κ2) is 9.82. The number of carbonyl (C=O) groups excluding carboxylic acids is 3. The second-order valence-electron chi connectivity index (χ2n) is 6.14. The van der Waals surface area contributed by atoms with E-state index in [0.717, 1.165) is 19.4 Å². The average molecular weight is 357 g/mol. The number of nitrogens with one attached hydrogen (secondary N) is 1. The van der Waals surface area contributed by atoms with Crippen molar-refractivity contribution in [2.45, 2.75) is 50.7 Å². The number of rotatable bonds is 5. The van der Waals surface area contributed by atoms with Crippen LogP contribution in [0.3, 0.4) is 0 Å². The molecule has 10 heteroatoms. The lowest BCUT2D eigenvalue weighted by Crippen LogP contribution is -2.62. The number of fused-ring (bicyclic) bond motifs is 1. The largest absolute Gasteiger partial charge is 0.483 e. The molecule has 2 saturated heterocycles. The lowest BCUT2D eigenvalue weighted by atomic mass is 10.0.